The third kappa shape index (κ3) is 5.00. The molecular weight excluding hydrogens is 390 g/mol. The van der Waals surface area contributed by atoms with Gasteiger partial charge in [0, 0.05) is 23.4 Å². The molecule has 3 rings (SSSR count). The Hall–Kier alpha value is -2.32. The summed E-state index contributed by atoms with van der Waals surface area (Å²) in [5.41, 5.74) is 4.10. The van der Waals surface area contributed by atoms with E-state index in [4.69, 9.17) is 9.72 Å². The predicted molar refractivity (Wildman–Crippen MR) is 114 cm³/mol. The van der Waals surface area contributed by atoms with E-state index in [0.29, 0.717) is 19.0 Å². The molecule has 0 fully saturated rings. The molecular formula is C21H27N3O4S. The fraction of sp³-hybridized carbons (Fsp3) is 0.476. The van der Waals surface area contributed by atoms with Gasteiger partial charge in [-0.15, -0.1) is 0 Å². The highest BCUT2D eigenvalue weighted by Gasteiger charge is 2.24. The lowest BCUT2D eigenvalue weighted by Crippen LogP contribution is -2.31. The summed E-state index contributed by atoms with van der Waals surface area (Å²) in [6.45, 7) is 6.73. The molecule has 0 saturated heterocycles. The molecule has 1 aromatic heterocycles. The van der Waals surface area contributed by atoms with Crippen LogP contribution in [0.2, 0.25) is 0 Å². The first kappa shape index (κ1) is 21.4. The van der Waals surface area contributed by atoms with E-state index >= 15 is 0 Å². The number of nitrogens with one attached hydrogen (secondary N) is 2. The Morgan fingerprint density at radius 2 is 2.17 bits per heavy atom. The molecule has 156 valence electrons. The van der Waals surface area contributed by atoms with Crippen molar-refractivity contribution in [3.8, 4) is 11.4 Å². The predicted octanol–water partition coefficient (Wildman–Crippen LogP) is 3.14. The SMILES string of the molecule is COC(=O)NCCOC(C)(C)c1ccc(-c2nc3c(c(=O)[nH]2)CSCC3)cc1C. The van der Waals surface area contributed by atoms with Crippen LogP contribution in [0, 0.1) is 6.92 Å². The standard InChI is InChI=1S/C21H27N3O4S/c1-13-11-14(18-23-17-7-10-29-12-15(17)19(25)24-18)5-6-16(13)21(2,3)28-9-8-22-20(26)27-4/h5-6,11H,7-10,12H2,1-4H3,(H,22,26)(H,23,24,25). The molecule has 1 aliphatic heterocycles. The van der Waals surface area contributed by atoms with E-state index in [1.54, 1.807) is 11.8 Å². The monoisotopic (exact) mass is 417 g/mol. The van der Waals surface area contributed by atoms with Crippen molar-refractivity contribution in [1.29, 1.82) is 0 Å². The first-order valence-corrected chi connectivity index (χ1v) is 10.7. The largest absolute Gasteiger partial charge is 0.453 e. The van der Waals surface area contributed by atoms with Crippen molar-refractivity contribution in [2.45, 2.75) is 38.5 Å². The number of aromatic nitrogens is 2. The second-order valence-corrected chi connectivity index (χ2v) is 8.55. The quantitative estimate of drug-likeness (QED) is 0.702. The summed E-state index contributed by atoms with van der Waals surface area (Å²) in [7, 11) is 1.33. The van der Waals surface area contributed by atoms with Crippen LogP contribution in [-0.4, -0.2) is 42.1 Å². The van der Waals surface area contributed by atoms with Gasteiger partial charge in [0.1, 0.15) is 5.82 Å². The number of benzene rings is 1. The highest BCUT2D eigenvalue weighted by molar-refractivity contribution is 7.98. The number of aryl methyl sites for hydroxylation is 2. The summed E-state index contributed by atoms with van der Waals surface area (Å²) in [4.78, 5) is 31.2. The number of carbonyl (C=O) groups is 1. The van der Waals surface area contributed by atoms with Gasteiger partial charge >= 0.3 is 6.09 Å². The van der Waals surface area contributed by atoms with Crippen LogP contribution >= 0.6 is 11.8 Å². The fourth-order valence-corrected chi connectivity index (χ4v) is 4.46. The second-order valence-electron chi connectivity index (χ2n) is 7.45. The van der Waals surface area contributed by atoms with Crippen molar-refractivity contribution in [2.75, 3.05) is 26.0 Å². The van der Waals surface area contributed by atoms with Crippen LogP contribution in [0.25, 0.3) is 11.4 Å². The number of ether oxygens (including phenoxy) is 2. The van der Waals surface area contributed by atoms with Crippen LogP contribution in [0.3, 0.4) is 0 Å². The zero-order valence-corrected chi connectivity index (χ0v) is 18.1. The normalized spacial score (nSPS) is 13.7. The fourth-order valence-electron chi connectivity index (χ4n) is 3.48. The zero-order chi connectivity index (χ0) is 21.0. The maximum Gasteiger partial charge on any atom is 0.406 e. The van der Waals surface area contributed by atoms with Gasteiger partial charge in [-0.25, -0.2) is 9.78 Å². The minimum Gasteiger partial charge on any atom is -0.453 e. The molecule has 0 unspecified atom stereocenters. The lowest BCUT2D eigenvalue weighted by atomic mass is 9.92. The Morgan fingerprint density at radius 3 is 2.90 bits per heavy atom. The third-order valence-electron chi connectivity index (χ3n) is 5.00. The van der Waals surface area contributed by atoms with E-state index in [9.17, 15) is 9.59 Å². The maximum atomic E-state index is 12.4. The number of nitrogens with zero attached hydrogens (tertiary/aromatic N) is 1. The van der Waals surface area contributed by atoms with Crippen molar-refractivity contribution >= 4 is 17.9 Å². The molecule has 0 radical (unpaired) electrons. The Balaban J connectivity index is 1.77. The van der Waals surface area contributed by atoms with Crippen molar-refractivity contribution in [2.24, 2.45) is 0 Å². The summed E-state index contributed by atoms with van der Waals surface area (Å²) in [6.07, 6.45) is 0.353. The van der Waals surface area contributed by atoms with Gasteiger partial charge in [-0.3, -0.25) is 4.79 Å². The minimum atomic E-state index is -0.533. The molecule has 2 aromatic rings. The summed E-state index contributed by atoms with van der Waals surface area (Å²) in [5, 5.41) is 2.60. The molecule has 0 saturated carbocycles. The molecule has 1 aromatic carbocycles. The summed E-state index contributed by atoms with van der Waals surface area (Å²) < 4.78 is 10.5. The van der Waals surface area contributed by atoms with Crippen LogP contribution in [-0.2, 0) is 27.2 Å². The minimum absolute atomic E-state index is 0.0410. The number of alkyl carbamates (subject to hydrolysis) is 1. The number of thioether (sulfide) groups is 1. The number of rotatable bonds is 6. The van der Waals surface area contributed by atoms with E-state index in [-0.39, 0.29) is 5.56 Å². The summed E-state index contributed by atoms with van der Waals surface area (Å²) in [6, 6.07) is 5.99. The summed E-state index contributed by atoms with van der Waals surface area (Å²) >= 11 is 1.77. The van der Waals surface area contributed by atoms with Gasteiger partial charge in [-0.1, -0.05) is 12.1 Å². The molecule has 2 N–H and O–H groups in total. The van der Waals surface area contributed by atoms with Gasteiger partial charge < -0.3 is 19.8 Å². The Labute approximate surface area is 174 Å². The van der Waals surface area contributed by atoms with E-state index in [1.165, 1.54) is 7.11 Å². The Kier molecular flexibility index (Phi) is 6.64. The molecule has 0 spiro atoms. The lowest BCUT2D eigenvalue weighted by molar-refractivity contribution is -0.0199. The van der Waals surface area contributed by atoms with Crippen LogP contribution < -0.4 is 10.9 Å². The highest BCUT2D eigenvalue weighted by atomic mass is 32.2. The Bertz CT molecular complexity index is 955. The highest BCUT2D eigenvalue weighted by Crippen LogP contribution is 2.30. The van der Waals surface area contributed by atoms with Gasteiger partial charge in [0.15, 0.2) is 0 Å². The van der Waals surface area contributed by atoms with Crippen LogP contribution in [0.1, 0.15) is 36.2 Å². The molecule has 0 aliphatic carbocycles. The zero-order valence-electron chi connectivity index (χ0n) is 17.3. The summed E-state index contributed by atoms with van der Waals surface area (Å²) in [5.74, 6) is 2.33. The topological polar surface area (TPSA) is 93.3 Å². The van der Waals surface area contributed by atoms with Crippen LogP contribution in [0.15, 0.2) is 23.0 Å². The first-order valence-electron chi connectivity index (χ1n) is 9.59. The van der Waals surface area contributed by atoms with Crippen molar-refractivity contribution in [3.05, 3.63) is 50.9 Å². The number of hydrogen-bond acceptors (Lipinski definition) is 6. The third-order valence-corrected chi connectivity index (χ3v) is 5.98. The van der Waals surface area contributed by atoms with Gasteiger partial charge in [0.25, 0.3) is 5.56 Å². The second kappa shape index (κ2) is 9.00. The molecule has 2 heterocycles. The molecule has 29 heavy (non-hydrogen) atoms. The van der Waals surface area contributed by atoms with E-state index < -0.39 is 11.7 Å². The molecule has 7 nitrogen and oxygen atoms in total. The van der Waals surface area contributed by atoms with Gasteiger partial charge in [-0.2, -0.15) is 11.8 Å². The van der Waals surface area contributed by atoms with Crippen molar-refractivity contribution < 1.29 is 14.3 Å². The lowest BCUT2D eigenvalue weighted by Gasteiger charge is -2.28. The number of H-pyrrole nitrogens is 1. The van der Waals surface area contributed by atoms with E-state index in [2.05, 4.69) is 15.0 Å². The molecule has 1 amide bonds. The molecule has 0 bridgehead atoms. The molecule has 0 atom stereocenters. The number of carbonyl (C=O) groups excluding carboxylic acids is 1. The van der Waals surface area contributed by atoms with Crippen LogP contribution in [0.5, 0.6) is 0 Å². The maximum absolute atomic E-state index is 12.4. The molecule has 1 aliphatic rings. The van der Waals surface area contributed by atoms with Gasteiger partial charge in [0.05, 0.1) is 25.0 Å². The average molecular weight is 418 g/mol. The Morgan fingerprint density at radius 1 is 1.38 bits per heavy atom. The smallest absolute Gasteiger partial charge is 0.406 e. The van der Waals surface area contributed by atoms with Crippen molar-refractivity contribution in [1.82, 2.24) is 15.3 Å². The number of fused-ring (bicyclic) bond motifs is 1. The van der Waals surface area contributed by atoms with E-state index in [1.807, 2.05) is 39.0 Å². The first-order chi connectivity index (χ1) is 13.8. The number of methoxy groups -OCH3 is 1. The number of aromatic amines is 1. The molecule has 8 heteroatoms. The number of hydrogen-bond donors (Lipinski definition) is 2. The number of amides is 1. The van der Waals surface area contributed by atoms with Gasteiger partial charge in [-0.05, 0) is 50.1 Å². The average Bonchev–Trinajstić information content (AvgIpc) is 2.70. The van der Waals surface area contributed by atoms with Crippen LogP contribution in [0.4, 0.5) is 4.79 Å². The van der Waals surface area contributed by atoms with Gasteiger partial charge in [0.2, 0.25) is 0 Å². The van der Waals surface area contributed by atoms with E-state index in [0.717, 1.165) is 45.9 Å². The van der Waals surface area contributed by atoms with Crippen molar-refractivity contribution in [3.63, 3.8) is 0 Å².